The summed E-state index contributed by atoms with van der Waals surface area (Å²) >= 11 is 0. The Hall–Kier alpha value is -1.77. The molecule has 2 aromatic rings. The number of nitrogen functional groups attached to an aromatic ring is 1. The van der Waals surface area contributed by atoms with Gasteiger partial charge < -0.3 is 10.3 Å². The molecule has 0 saturated carbocycles. The van der Waals surface area contributed by atoms with Crippen LogP contribution in [0.4, 0.5) is 5.95 Å². The normalized spacial score (nSPS) is 10.8. The van der Waals surface area contributed by atoms with Gasteiger partial charge in [0.05, 0.1) is 5.69 Å². The van der Waals surface area contributed by atoms with Crippen molar-refractivity contribution < 1.29 is 0 Å². The van der Waals surface area contributed by atoms with Crippen LogP contribution in [0.2, 0.25) is 0 Å². The topological polar surface area (TPSA) is 43.8 Å². The number of nitrogens with two attached hydrogens (primary N) is 1. The summed E-state index contributed by atoms with van der Waals surface area (Å²) in [4.78, 5) is 4.28. The number of hydrogen-bond acceptors (Lipinski definition) is 2. The maximum absolute atomic E-state index is 5.79. The first-order valence-corrected chi connectivity index (χ1v) is 5.97. The van der Waals surface area contributed by atoms with Gasteiger partial charge in [-0.2, -0.15) is 0 Å². The van der Waals surface area contributed by atoms with E-state index >= 15 is 0 Å². The molecule has 0 bridgehead atoms. The zero-order valence-electron chi connectivity index (χ0n) is 10.7. The first-order chi connectivity index (χ1) is 8.11. The van der Waals surface area contributed by atoms with E-state index in [1.54, 1.807) is 0 Å². The Morgan fingerprint density at radius 3 is 2.24 bits per heavy atom. The fourth-order valence-corrected chi connectivity index (χ4v) is 2.03. The summed E-state index contributed by atoms with van der Waals surface area (Å²) in [5, 5.41) is 0. The highest BCUT2D eigenvalue weighted by atomic mass is 15.1. The van der Waals surface area contributed by atoms with Gasteiger partial charge >= 0.3 is 0 Å². The first-order valence-electron chi connectivity index (χ1n) is 5.97. The summed E-state index contributed by atoms with van der Waals surface area (Å²) in [6.45, 7) is 4.17. The Bertz CT molecular complexity index is 509. The predicted octanol–water partition coefficient (Wildman–Crippen LogP) is 2.46. The van der Waals surface area contributed by atoms with E-state index in [-0.39, 0.29) is 0 Å². The number of hydrogen-bond donors (Lipinski definition) is 1. The van der Waals surface area contributed by atoms with E-state index in [1.807, 2.05) is 18.5 Å². The summed E-state index contributed by atoms with van der Waals surface area (Å²) < 4.78 is 1.96. The minimum Gasteiger partial charge on any atom is -0.369 e. The quantitative estimate of drug-likeness (QED) is 0.878. The fraction of sp³-hybridized carbons (Fsp3) is 0.357. The van der Waals surface area contributed by atoms with Crippen LogP contribution in [0.1, 0.15) is 29.4 Å². The predicted molar refractivity (Wildman–Crippen MR) is 71.0 cm³/mol. The van der Waals surface area contributed by atoms with E-state index < -0.39 is 0 Å². The van der Waals surface area contributed by atoms with Crippen LogP contribution in [0.5, 0.6) is 0 Å². The van der Waals surface area contributed by atoms with Crippen molar-refractivity contribution in [2.75, 3.05) is 5.73 Å². The maximum atomic E-state index is 5.79. The second-order valence-corrected chi connectivity index (χ2v) is 4.41. The van der Waals surface area contributed by atoms with Gasteiger partial charge in [-0.25, -0.2) is 4.98 Å². The van der Waals surface area contributed by atoms with Crippen molar-refractivity contribution in [2.24, 2.45) is 7.05 Å². The van der Waals surface area contributed by atoms with E-state index in [0.29, 0.717) is 5.95 Å². The van der Waals surface area contributed by atoms with Gasteiger partial charge in [-0.05, 0) is 24.5 Å². The minimum absolute atomic E-state index is 0.586. The molecule has 0 amide bonds. The maximum Gasteiger partial charge on any atom is 0.200 e. The smallest absolute Gasteiger partial charge is 0.200 e. The molecule has 2 rings (SSSR count). The van der Waals surface area contributed by atoms with Crippen LogP contribution in [0, 0.1) is 6.92 Å². The molecular formula is C14H19N3. The lowest BCUT2D eigenvalue weighted by Crippen LogP contribution is -2.02. The first kappa shape index (κ1) is 11.7. The van der Waals surface area contributed by atoms with Crippen molar-refractivity contribution in [3.8, 4) is 0 Å². The Kier molecular flexibility index (Phi) is 3.18. The third kappa shape index (κ3) is 2.33. The zero-order chi connectivity index (χ0) is 12.4. The molecule has 0 atom stereocenters. The lowest BCUT2D eigenvalue weighted by molar-refractivity contribution is 0.852. The van der Waals surface area contributed by atoms with Crippen molar-refractivity contribution in [3.05, 3.63) is 46.8 Å². The summed E-state index contributed by atoms with van der Waals surface area (Å²) in [6.07, 6.45) is 1.97. The second kappa shape index (κ2) is 4.62. The molecule has 1 aromatic carbocycles. The van der Waals surface area contributed by atoms with E-state index in [4.69, 9.17) is 5.73 Å². The molecule has 0 fully saturated rings. The summed E-state index contributed by atoms with van der Waals surface area (Å²) in [5.74, 6) is 0.586. The van der Waals surface area contributed by atoms with Gasteiger partial charge in [0.25, 0.3) is 0 Å². The Morgan fingerprint density at radius 2 is 1.76 bits per heavy atom. The van der Waals surface area contributed by atoms with Crippen molar-refractivity contribution in [1.82, 2.24) is 9.55 Å². The number of aryl methyl sites for hydroxylation is 2. The van der Waals surface area contributed by atoms with Gasteiger partial charge in [0.1, 0.15) is 0 Å². The van der Waals surface area contributed by atoms with Crippen molar-refractivity contribution in [2.45, 2.75) is 26.7 Å². The third-order valence-corrected chi connectivity index (χ3v) is 3.25. The summed E-state index contributed by atoms with van der Waals surface area (Å²) in [6, 6.07) is 8.73. The fourth-order valence-electron chi connectivity index (χ4n) is 2.03. The lowest BCUT2D eigenvalue weighted by atomic mass is 10.1. The Balaban J connectivity index is 2.25. The number of aromatic nitrogens is 2. The molecule has 1 heterocycles. The van der Waals surface area contributed by atoms with E-state index in [2.05, 4.69) is 36.2 Å². The number of rotatable bonds is 3. The van der Waals surface area contributed by atoms with Crippen LogP contribution in [0.15, 0.2) is 24.3 Å². The van der Waals surface area contributed by atoms with Crippen LogP contribution in [0.25, 0.3) is 0 Å². The zero-order valence-corrected chi connectivity index (χ0v) is 10.7. The number of nitrogens with zero attached hydrogens (tertiary/aromatic N) is 2. The molecule has 3 nitrogen and oxygen atoms in total. The number of benzene rings is 1. The Labute approximate surface area is 102 Å². The molecule has 0 aliphatic rings. The average molecular weight is 229 g/mol. The molecule has 90 valence electrons. The lowest BCUT2D eigenvalue weighted by Gasteiger charge is -2.06. The molecule has 0 aliphatic carbocycles. The van der Waals surface area contributed by atoms with Gasteiger partial charge in [-0.1, -0.05) is 31.2 Å². The molecule has 0 aliphatic heterocycles. The van der Waals surface area contributed by atoms with Crippen LogP contribution < -0.4 is 5.73 Å². The van der Waals surface area contributed by atoms with Gasteiger partial charge in [0, 0.05) is 19.2 Å². The Morgan fingerprint density at radius 1 is 1.18 bits per heavy atom. The molecular weight excluding hydrogens is 210 g/mol. The van der Waals surface area contributed by atoms with Gasteiger partial charge in [0.15, 0.2) is 5.95 Å². The average Bonchev–Trinajstić information content (AvgIpc) is 2.57. The monoisotopic (exact) mass is 229 g/mol. The van der Waals surface area contributed by atoms with Crippen LogP contribution in [-0.2, 0) is 19.9 Å². The molecule has 3 heteroatoms. The molecule has 0 spiro atoms. The molecule has 0 unspecified atom stereocenters. The van der Waals surface area contributed by atoms with Crippen molar-refractivity contribution in [1.29, 1.82) is 0 Å². The van der Waals surface area contributed by atoms with Crippen LogP contribution in [-0.4, -0.2) is 9.55 Å². The highest BCUT2D eigenvalue weighted by molar-refractivity contribution is 5.33. The SMILES string of the molecule is CCc1ccc(Cc2c(C)nc(N)n2C)cc1. The molecule has 1 aromatic heterocycles. The van der Waals surface area contributed by atoms with Gasteiger partial charge in [-0.15, -0.1) is 0 Å². The molecule has 17 heavy (non-hydrogen) atoms. The third-order valence-electron chi connectivity index (χ3n) is 3.25. The minimum atomic E-state index is 0.586. The number of anilines is 1. The molecule has 0 radical (unpaired) electrons. The van der Waals surface area contributed by atoms with E-state index in [0.717, 1.165) is 18.5 Å². The summed E-state index contributed by atoms with van der Waals surface area (Å²) in [5.41, 5.74) is 10.7. The van der Waals surface area contributed by atoms with Crippen molar-refractivity contribution >= 4 is 5.95 Å². The van der Waals surface area contributed by atoms with Gasteiger partial charge in [0.2, 0.25) is 0 Å². The van der Waals surface area contributed by atoms with E-state index in [1.165, 1.54) is 16.8 Å². The highest BCUT2D eigenvalue weighted by Gasteiger charge is 2.09. The second-order valence-electron chi connectivity index (χ2n) is 4.41. The molecule has 0 saturated heterocycles. The standard InChI is InChI=1S/C14H19N3/c1-4-11-5-7-12(8-6-11)9-13-10(2)16-14(15)17(13)3/h5-8H,4,9H2,1-3H3,(H2,15,16). The largest absolute Gasteiger partial charge is 0.369 e. The highest BCUT2D eigenvalue weighted by Crippen LogP contribution is 2.16. The van der Waals surface area contributed by atoms with Crippen LogP contribution >= 0.6 is 0 Å². The van der Waals surface area contributed by atoms with Crippen LogP contribution in [0.3, 0.4) is 0 Å². The van der Waals surface area contributed by atoms with Gasteiger partial charge in [-0.3, -0.25) is 0 Å². The molecule has 2 N–H and O–H groups in total. The van der Waals surface area contributed by atoms with E-state index in [9.17, 15) is 0 Å². The summed E-state index contributed by atoms with van der Waals surface area (Å²) in [7, 11) is 1.96. The number of imidazole rings is 1. The van der Waals surface area contributed by atoms with Crippen molar-refractivity contribution in [3.63, 3.8) is 0 Å².